The standard InChI is InChI=1S/C19H18F2N3O2P/c20-13-2-3-14-15(11-13)19(25)24-23-17(14)9-12-1-4-16(21)18(10-12)27(26)7-5-22-6-8-27/h1-4,10-11,22H,5-9H2,(H,24,25). The molecule has 0 saturated carbocycles. The molecule has 2 heterocycles. The van der Waals surface area contributed by atoms with Gasteiger partial charge in [0.2, 0.25) is 0 Å². The van der Waals surface area contributed by atoms with E-state index in [0.717, 1.165) is 5.56 Å². The number of halogens is 2. The summed E-state index contributed by atoms with van der Waals surface area (Å²) in [6.45, 7) is 1.22. The Balaban J connectivity index is 1.75. The zero-order chi connectivity index (χ0) is 19.0. The predicted octanol–water partition coefficient (Wildman–Crippen LogP) is 2.38. The highest BCUT2D eigenvalue weighted by atomic mass is 31.2. The summed E-state index contributed by atoms with van der Waals surface area (Å²) in [5, 5.41) is 10.6. The maximum atomic E-state index is 14.4. The predicted molar refractivity (Wildman–Crippen MR) is 101 cm³/mol. The summed E-state index contributed by atoms with van der Waals surface area (Å²) in [6, 6.07) is 8.55. The van der Waals surface area contributed by atoms with E-state index in [1.54, 1.807) is 12.1 Å². The van der Waals surface area contributed by atoms with Crippen LogP contribution in [0.15, 0.2) is 41.2 Å². The van der Waals surface area contributed by atoms with Gasteiger partial charge in [-0.2, -0.15) is 5.10 Å². The average Bonchev–Trinajstić information content (AvgIpc) is 2.66. The van der Waals surface area contributed by atoms with Crippen molar-refractivity contribution < 1.29 is 13.3 Å². The van der Waals surface area contributed by atoms with E-state index in [9.17, 15) is 18.1 Å². The first-order chi connectivity index (χ1) is 13.0. The van der Waals surface area contributed by atoms with Crippen molar-refractivity contribution >= 4 is 23.2 Å². The molecule has 1 saturated heterocycles. The van der Waals surface area contributed by atoms with Gasteiger partial charge in [0.05, 0.1) is 11.1 Å². The van der Waals surface area contributed by atoms with E-state index in [1.165, 1.54) is 24.3 Å². The number of aromatic amines is 1. The number of aromatic nitrogens is 2. The number of H-pyrrole nitrogens is 1. The number of hydrogen-bond acceptors (Lipinski definition) is 4. The maximum absolute atomic E-state index is 14.4. The Labute approximate surface area is 154 Å². The van der Waals surface area contributed by atoms with E-state index < -0.39 is 24.3 Å². The van der Waals surface area contributed by atoms with Crippen LogP contribution in [0.4, 0.5) is 8.78 Å². The minimum absolute atomic E-state index is 0.216. The summed E-state index contributed by atoms with van der Waals surface area (Å²) >= 11 is 0. The van der Waals surface area contributed by atoms with Crippen LogP contribution < -0.4 is 16.2 Å². The van der Waals surface area contributed by atoms with Crippen molar-refractivity contribution in [3.05, 3.63) is 69.6 Å². The molecule has 0 bridgehead atoms. The van der Waals surface area contributed by atoms with E-state index in [1.807, 2.05) is 0 Å². The van der Waals surface area contributed by atoms with Crippen molar-refractivity contribution in [1.29, 1.82) is 0 Å². The fourth-order valence-electron chi connectivity index (χ4n) is 3.50. The molecule has 3 aromatic rings. The van der Waals surface area contributed by atoms with E-state index in [2.05, 4.69) is 15.5 Å². The molecule has 1 aliphatic rings. The number of benzene rings is 2. The number of rotatable bonds is 3. The molecule has 2 N–H and O–H groups in total. The Morgan fingerprint density at radius 3 is 2.59 bits per heavy atom. The molecule has 0 amide bonds. The molecule has 1 fully saturated rings. The van der Waals surface area contributed by atoms with Gasteiger partial charge in [-0.1, -0.05) is 6.07 Å². The summed E-state index contributed by atoms with van der Waals surface area (Å²) < 4.78 is 41.0. The van der Waals surface area contributed by atoms with Gasteiger partial charge < -0.3 is 9.88 Å². The molecule has 140 valence electrons. The molecule has 4 rings (SSSR count). The SMILES string of the molecule is O=c1[nH]nc(Cc2ccc(F)c(P3(=O)CCNCC3)c2)c2ccc(F)cc12. The lowest BCUT2D eigenvalue weighted by atomic mass is 10.0. The molecule has 0 radical (unpaired) electrons. The van der Waals surface area contributed by atoms with Crippen LogP contribution in [0.2, 0.25) is 0 Å². The quantitative estimate of drug-likeness (QED) is 0.675. The van der Waals surface area contributed by atoms with E-state index in [-0.39, 0.29) is 10.7 Å². The molecule has 1 aromatic heterocycles. The Bertz CT molecular complexity index is 1120. The summed E-state index contributed by atoms with van der Waals surface area (Å²) in [4.78, 5) is 11.9. The van der Waals surface area contributed by atoms with E-state index >= 15 is 0 Å². The maximum Gasteiger partial charge on any atom is 0.272 e. The Morgan fingerprint density at radius 2 is 1.81 bits per heavy atom. The van der Waals surface area contributed by atoms with E-state index in [4.69, 9.17) is 0 Å². The fourth-order valence-corrected chi connectivity index (χ4v) is 6.11. The summed E-state index contributed by atoms with van der Waals surface area (Å²) in [5.41, 5.74) is 0.822. The van der Waals surface area contributed by atoms with Crippen molar-refractivity contribution in [1.82, 2.24) is 15.5 Å². The molecule has 5 nitrogen and oxygen atoms in total. The minimum Gasteiger partial charge on any atom is -0.318 e. The van der Waals surface area contributed by atoms with Crippen molar-refractivity contribution in [2.45, 2.75) is 6.42 Å². The summed E-state index contributed by atoms with van der Waals surface area (Å²) in [6.07, 6.45) is 1.18. The third kappa shape index (κ3) is 3.45. The smallest absolute Gasteiger partial charge is 0.272 e. The van der Waals surface area contributed by atoms with Gasteiger partial charge >= 0.3 is 0 Å². The largest absolute Gasteiger partial charge is 0.318 e. The molecule has 0 spiro atoms. The van der Waals surface area contributed by atoms with Gasteiger partial charge in [-0.25, -0.2) is 13.9 Å². The van der Waals surface area contributed by atoms with Crippen LogP contribution in [0.1, 0.15) is 11.3 Å². The lowest BCUT2D eigenvalue weighted by Gasteiger charge is -2.24. The van der Waals surface area contributed by atoms with Crippen LogP contribution in [0.5, 0.6) is 0 Å². The first kappa shape index (κ1) is 18.0. The normalized spacial score (nSPS) is 16.5. The van der Waals surface area contributed by atoms with Gasteiger partial charge in [0.1, 0.15) is 18.8 Å². The van der Waals surface area contributed by atoms with Gasteiger partial charge in [0, 0.05) is 42.5 Å². The highest BCUT2D eigenvalue weighted by Gasteiger charge is 2.30. The third-order valence-electron chi connectivity index (χ3n) is 4.95. The second kappa shape index (κ2) is 6.98. The molecule has 0 aliphatic carbocycles. The zero-order valence-corrected chi connectivity index (χ0v) is 15.4. The topological polar surface area (TPSA) is 74.8 Å². The molecule has 27 heavy (non-hydrogen) atoms. The number of hydrogen-bond donors (Lipinski definition) is 2. The second-order valence-electron chi connectivity index (χ2n) is 6.74. The molecule has 2 aromatic carbocycles. The van der Waals surface area contributed by atoms with Crippen LogP contribution in [-0.2, 0) is 11.0 Å². The average molecular weight is 389 g/mol. The Morgan fingerprint density at radius 1 is 1.04 bits per heavy atom. The Kier molecular flexibility index (Phi) is 4.66. The van der Waals surface area contributed by atoms with Gasteiger partial charge in [-0.05, 0) is 35.9 Å². The number of nitrogens with zero attached hydrogens (tertiary/aromatic N) is 1. The van der Waals surface area contributed by atoms with Crippen molar-refractivity contribution in [2.75, 3.05) is 25.4 Å². The first-order valence-corrected chi connectivity index (χ1v) is 10.8. The highest BCUT2D eigenvalue weighted by Crippen LogP contribution is 2.45. The van der Waals surface area contributed by atoms with Gasteiger partial charge in [-0.15, -0.1) is 0 Å². The monoisotopic (exact) mass is 389 g/mol. The van der Waals surface area contributed by atoms with Gasteiger partial charge in [-0.3, -0.25) is 4.79 Å². The summed E-state index contributed by atoms with van der Waals surface area (Å²) in [5.74, 6) is -0.955. The number of fused-ring (bicyclic) bond motifs is 1. The van der Waals surface area contributed by atoms with Crippen LogP contribution in [0.3, 0.4) is 0 Å². The molecule has 8 heteroatoms. The second-order valence-corrected chi connectivity index (χ2v) is 9.89. The van der Waals surface area contributed by atoms with Gasteiger partial charge in [0.25, 0.3) is 5.56 Å². The van der Waals surface area contributed by atoms with Crippen molar-refractivity contribution in [3.8, 4) is 0 Å². The number of nitrogens with one attached hydrogen (secondary N) is 2. The minimum atomic E-state index is -2.76. The molecule has 1 aliphatic heterocycles. The van der Waals surface area contributed by atoms with Crippen molar-refractivity contribution in [2.24, 2.45) is 0 Å². The van der Waals surface area contributed by atoms with Crippen LogP contribution in [-0.4, -0.2) is 35.6 Å². The fraction of sp³-hybridized carbons (Fsp3) is 0.263. The highest BCUT2D eigenvalue weighted by molar-refractivity contribution is 7.71. The van der Waals surface area contributed by atoms with Crippen LogP contribution in [0.25, 0.3) is 10.8 Å². The summed E-state index contributed by atoms with van der Waals surface area (Å²) in [7, 11) is -2.76. The lowest BCUT2D eigenvalue weighted by Crippen LogP contribution is -2.33. The Hall–Kier alpha value is -2.37. The van der Waals surface area contributed by atoms with Gasteiger partial charge in [0.15, 0.2) is 0 Å². The molecule has 0 unspecified atom stereocenters. The zero-order valence-electron chi connectivity index (χ0n) is 14.5. The third-order valence-corrected chi connectivity index (χ3v) is 8.06. The first-order valence-electron chi connectivity index (χ1n) is 8.71. The lowest BCUT2D eigenvalue weighted by molar-refractivity contribution is 0.565. The van der Waals surface area contributed by atoms with Crippen molar-refractivity contribution in [3.63, 3.8) is 0 Å². The molecular weight excluding hydrogens is 371 g/mol. The van der Waals surface area contributed by atoms with Crippen LogP contribution >= 0.6 is 7.14 Å². The van der Waals surface area contributed by atoms with Crippen LogP contribution in [0, 0.1) is 11.6 Å². The van der Waals surface area contributed by atoms with E-state index in [0.29, 0.717) is 42.9 Å². The molecular formula is C19H18F2N3O2P. The molecule has 0 atom stereocenters.